The molecule has 11 nitrogen and oxygen atoms in total. The lowest BCUT2D eigenvalue weighted by atomic mass is 10.0. The summed E-state index contributed by atoms with van der Waals surface area (Å²) in [6, 6.07) is -4.55. The van der Waals surface area contributed by atoms with Crippen LogP contribution in [-0.2, 0) is 24.0 Å². The zero-order chi connectivity index (χ0) is 24.1. The van der Waals surface area contributed by atoms with Crippen molar-refractivity contribution in [3.8, 4) is 0 Å². The lowest BCUT2D eigenvalue weighted by Crippen LogP contribution is -2.58. The third-order valence-corrected chi connectivity index (χ3v) is 5.15. The van der Waals surface area contributed by atoms with Crippen molar-refractivity contribution in [3.63, 3.8) is 0 Å². The van der Waals surface area contributed by atoms with Gasteiger partial charge in [-0.2, -0.15) is 24.4 Å². The van der Waals surface area contributed by atoms with Crippen LogP contribution in [0.2, 0.25) is 0 Å². The Bertz CT molecular complexity index is 649. The van der Waals surface area contributed by atoms with Gasteiger partial charge in [-0.1, -0.05) is 13.8 Å². The van der Waals surface area contributed by atoms with Crippen LogP contribution < -0.4 is 27.4 Å². The fourth-order valence-corrected chi connectivity index (χ4v) is 3.24. The quantitative estimate of drug-likeness (QED) is 0.137. The van der Waals surface area contributed by atoms with Crippen LogP contribution in [0.4, 0.5) is 0 Å². The molecule has 4 unspecified atom stereocenters. The van der Waals surface area contributed by atoms with Crippen molar-refractivity contribution in [1.82, 2.24) is 16.0 Å². The van der Waals surface area contributed by atoms with E-state index < -0.39 is 60.2 Å². The first-order chi connectivity index (χ1) is 14.4. The van der Waals surface area contributed by atoms with Gasteiger partial charge in [0.1, 0.15) is 18.1 Å². The maximum absolute atomic E-state index is 12.6. The molecule has 4 atom stereocenters. The number of primary amides is 1. The SMILES string of the molecule is CSCCC(N)C(=O)NC(CS)C(=O)NC(CC(N)=O)C(=O)NC(CC(C)C)C(=O)O. The largest absolute Gasteiger partial charge is 0.480 e. The van der Waals surface area contributed by atoms with Gasteiger partial charge in [0.05, 0.1) is 12.5 Å². The first-order valence-electron chi connectivity index (χ1n) is 9.70. The van der Waals surface area contributed by atoms with E-state index in [1.165, 1.54) is 11.8 Å². The summed E-state index contributed by atoms with van der Waals surface area (Å²) in [6.45, 7) is 3.57. The molecule has 0 radical (unpaired) electrons. The van der Waals surface area contributed by atoms with Gasteiger partial charge in [-0.15, -0.1) is 0 Å². The Labute approximate surface area is 191 Å². The number of carboxylic acids is 1. The molecule has 0 rings (SSSR count). The normalized spacial score (nSPS) is 14.8. The van der Waals surface area contributed by atoms with E-state index >= 15 is 0 Å². The predicted octanol–water partition coefficient (Wildman–Crippen LogP) is -1.54. The smallest absolute Gasteiger partial charge is 0.326 e. The van der Waals surface area contributed by atoms with Crippen LogP contribution in [0.25, 0.3) is 0 Å². The molecule has 178 valence electrons. The summed E-state index contributed by atoms with van der Waals surface area (Å²) >= 11 is 5.56. The first kappa shape index (κ1) is 29.0. The summed E-state index contributed by atoms with van der Waals surface area (Å²) in [5.41, 5.74) is 10.9. The number of hydrogen-bond acceptors (Lipinski definition) is 8. The van der Waals surface area contributed by atoms with Gasteiger partial charge in [0.15, 0.2) is 0 Å². The Morgan fingerprint density at radius 2 is 1.48 bits per heavy atom. The van der Waals surface area contributed by atoms with Crippen LogP contribution in [0.15, 0.2) is 0 Å². The number of hydrogen-bond donors (Lipinski definition) is 7. The van der Waals surface area contributed by atoms with E-state index in [1.807, 2.05) is 6.26 Å². The Kier molecular flexibility index (Phi) is 14.0. The second-order valence-electron chi connectivity index (χ2n) is 7.39. The molecule has 31 heavy (non-hydrogen) atoms. The van der Waals surface area contributed by atoms with Crippen molar-refractivity contribution in [1.29, 1.82) is 0 Å². The van der Waals surface area contributed by atoms with Gasteiger partial charge in [0.25, 0.3) is 0 Å². The number of thiol groups is 1. The summed E-state index contributed by atoms with van der Waals surface area (Å²) in [5.74, 6) is -3.78. The number of amides is 4. The van der Waals surface area contributed by atoms with E-state index in [2.05, 4.69) is 28.6 Å². The molecule has 8 N–H and O–H groups in total. The minimum Gasteiger partial charge on any atom is -0.480 e. The maximum atomic E-state index is 12.6. The number of carboxylic acid groups (broad SMARTS) is 1. The summed E-state index contributed by atoms with van der Waals surface area (Å²) in [5, 5.41) is 16.4. The first-order valence-corrected chi connectivity index (χ1v) is 11.7. The summed E-state index contributed by atoms with van der Waals surface area (Å²) < 4.78 is 0. The molecule has 4 amide bonds. The fraction of sp³-hybridized carbons (Fsp3) is 0.722. The van der Waals surface area contributed by atoms with Crippen molar-refractivity contribution >= 4 is 54.0 Å². The monoisotopic (exact) mass is 479 g/mol. The molecular formula is C18H33N5O6S2. The number of nitrogens with two attached hydrogens (primary N) is 2. The van der Waals surface area contributed by atoms with Crippen LogP contribution >= 0.6 is 24.4 Å². The number of thioether (sulfide) groups is 1. The highest BCUT2D eigenvalue weighted by Gasteiger charge is 2.31. The van der Waals surface area contributed by atoms with Gasteiger partial charge < -0.3 is 32.5 Å². The average Bonchev–Trinajstić information content (AvgIpc) is 2.67. The number of nitrogens with one attached hydrogen (secondary N) is 3. The maximum Gasteiger partial charge on any atom is 0.326 e. The van der Waals surface area contributed by atoms with Crippen LogP contribution in [0.5, 0.6) is 0 Å². The number of carbonyl (C=O) groups excluding carboxylic acids is 4. The average molecular weight is 480 g/mol. The highest BCUT2D eigenvalue weighted by atomic mass is 32.2. The predicted molar refractivity (Wildman–Crippen MR) is 122 cm³/mol. The van der Waals surface area contributed by atoms with Crippen molar-refractivity contribution in [2.75, 3.05) is 17.8 Å². The molecule has 0 saturated carbocycles. The van der Waals surface area contributed by atoms with Crippen molar-refractivity contribution in [2.45, 2.75) is 57.3 Å². The number of rotatable bonds is 15. The molecular weight excluding hydrogens is 446 g/mol. The third-order valence-electron chi connectivity index (χ3n) is 4.15. The Morgan fingerprint density at radius 1 is 0.968 bits per heavy atom. The zero-order valence-electron chi connectivity index (χ0n) is 17.9. The second-order valence-corrected chi connectivity index (χ2v) is 8.74. The Morgan fingerprint density at radius 3 is 1.94 bits per heavy atom. The highest BCUT2D eigenvalue weighted by Crippen LogP contribution is 2.06. The minimum absolute atomic E-state index is 0.0235. The van der Waals surface area contributed by atoms with Crippen molar-refractivity contribution in [2.24, 2.45) is 17.4 Å². The lowest BCUT2D eigenvalue weighted by Gasteiger charge is -2.24. The van der Waals surface area contributed by atoms with Crippen molar-refractivity contribution in [3.05, 3.63) is 0 Å². The highest BCUT2D eigenvalue weighted by molar-refractivity contribution is 7.98. The molecule has 0 aliphatic carbocycles. The topological polar surface area (TPSA) is 194 Å². The van der Waals surface area contributed by atoms with Crippen LogP contribution in [0.1, 0.15) is 33.1 Å². The van der Waals surface area contributed by atoms with Crippen LogP contribution in [-0.4, -0.2) is 76.6 Å². The molecule has 0 fully saturated rings. The molecule has 0 heterocycles. The molecule has 0 bridgehead atoms. The van der Waals surface area contributed by atoms with Gasteiger partial charge in [0.2, 0.25) is 23.6 Å². The fourth-order valence-electron chi connectivity index (χ4n) is 2.50. The van der Waals surface area contributed by atoms with Crippen molar-refractivity contribution < 1.29 is 29.1 Å². The third kappa shape index (κ3) is 11.8. The van der Waals surface area contributed by atoms with E-state index in [-0.39, 0.29) is 18.1 Å². The molecule has 0 aromatic rings. The van der Waals surface area contributed by atoms with Crippen LogP contribution in [0, 0.1) is 5.92 Å². The lowest BCUT2D eigenvalue weighted by molar-refractivity contribution is -0.143. The van der Waals surface area contributed by atoms with E-state index in [9.17, 15) is 29.1 Å². The van der Waals surface area contributed by atoms with Gasteiger partial charge in [-0.3, -0.25) is 19.2 Å². The summed E-state index contributed by atoms with van der Waals surface area (Å²) in [4.78, 5) is 60.0. The van der Waals surface area contributed by atoms with E-state index in [0.29, 0.717) is 12.2 Å². The van der Waals surface area contributed by atoms with E-state index in [4.69, 9.17) is 11.5 Å². The Balaban J connectivity index is 5.23. The molecule has 0 spiro atoms. The van der Waals surface area contributed by atoms with E-state index in [1.54, 1.807) is 13.8 Å². The molecule has 0 aliphatic rings. The van der Waals surface area contributed by atoms with E-state index in [0.717, 1.165) is 0 Å². The van der Waals surface area contributed by atoms with Gasteiger partial charge in [-0.05, 0) is 30.8 Å². The number of aliphatic carboxylic acids is 1. The molecule has 13 heteroatoms. The van der Waals surface area contributed by atoms with Gasteiger partial charge in [-0.25, -0.2) is 4.79 Å². The second kappa shape index (κ2) is 14.9. The molecule has 0 aromatic heterocycles. The Hall–Kier alpha value is -1.99. The molecule has 0 aliphatic heterocycles. The minimum atomic E-state index is -1.41. The number of carbonyl (C=O) groups is 5. The molecule has 0 saturated heterocycles. The summed E-state index contributed by atoms with van der Waals surface area (Å²) in [6.07, 6.45) is 1.88. The van der Waals surface area contributed by atoms with Crippen LogP contribution in [0.3, 0.4) is 0 Å². The zero-order valence-corrected chi connectivity index (χ0v) is 19.6. The molecule has 0 aromatic carbocycles. The summed E-state index contributed by atoms with van der Waals surface area (Å²) in [7, 11) is 0. The van der Waals surface area contributed by atoms with Gasteiger partial charge >= 0.3 is 5.97 Å². The standard InChI is InChI=1S/C18H33N5O6S2/c1-9(2)6-12(18(28)29)22-16(26)11(7-14(20)24)21-17(27)13(8-30)23-15(25)10(19)4-5-31-3/h9-13,30H,4-8,19H2,1-3H3,(H2,20,24)(H,21,27)(H,22,26)(H,23,25)(H,28,29). The van der Waals surface area contributed by atoms with Gasteiger partial charge in [0, 0.05) is 5.75 Å².